The SMILES string of the molecule is Cc1cccc(Cn2nnn(-c3ccc(OC(F)(F)F)cc3)c2=O)c1[N+](=O)[O-]. The number of aryl methyl sites for hydroxylation is 1. The summed E-state index contributed by atoms with van der Waals surface area (Å²) in [7, 11) is 0. The molecule has 0 bridgehead atoms. The number of alkyl halides is 3. The van der Waals surface area contributed by atoms with Gasteiger partial charge in [0, 0.05) is 5.56 Å². The second kappa shape index (κ2) is 7.13. The molecule has 0 N–H and O–H groups in total. The number of nitrogens with zero attached hydrogens (tertiary/aromatic N) is 5. The summed E-state index contributed by atoms with van der Waals surface area (Å²) in [5.74, 6) is -0.452. The number of tetrazole rings is 1. The molecule has 28 heavy (non-hydrogen) atoms. The number of para-hydroxylation sites is 1. The molecular formula is C16H12F3N5O4. The third-order valence-corrected chi connectivity index (χ3v) is 3.78. The van der Waals surface area contributed by atoms with Crippen molar-refractivity contribution in [1.29, 1.82) is 0 Å². The lowest BCUT2D eigenvalue weighted by Gasteiger charge is -2.08. The number of rotatable bonds is 5. The monoisotopic (exact) mass is 395 g/mol. The maximum atomic E-state index is 12.5. The Morgan fingerprint density at radius 2 is 1.82 bits per heavy atom. The Morgan fingerprint density at radius 1 is 1.14 bits per heavy atom. The zero-order valence-corrected chi connectivity index (χ0v) is 14.3. The molecular weight excluding hydrogens is 383 g/mol. The van der Waals surface area contributed by atoms with E-state index in [0.29, 0.717) is 5.56 Å². The van der Waals surface area contributed by atoms with Gasteiger partial charge in [-0.2, -0.15) is 9.36 Å². The van der Waals surface area contributed by atoms with Gasteiger partial charge >= 0.3 is 12.1 Å². The molecule has 0 unspecified atom stereocenters. The van der Waals surface area contributed by atoms with Gasteiger partial charge in [-0.25, -0.2) is 4.79 Å². The Kier molecular flexibility index (Phi) is 4.86. The summed E-state index contributed by atoms with van der Waals surface area (Å²) in [4.78, 5) is 23.2. The van der Waals surface area contributed by atoms with Crippen LogP contribution in [0.15, 0.2) is 47.3 Å². The van der Waals surface area contributed by atoms with E-state index in [4.69, 9.17) is 0 Å². The molecule has 0 saturated heterocycles. The van der Waals surface area contributed by atoms with E-state index in [1.54, 1.807) is 19.1 Å². The number of nitro benzene ring substituents is 1. The van der Waals surface area contributed by atoms with Gasteiger partial charge in [0.2, 0.25) is 0 Å². The van der Waals surface area contributed by atoms with E-state index >= 15 is 0 Å². The number of hydrogen-bond acceptors (Lipinski definition) is 6. The average molecular weight is 395 g/mol. The third-order valence-electron chi connectivity index (χ3n) is 3.78. The highest BCUT2D eigenvalue weighted by atomic mass is 19.4. The summed E-state index contributed by atoms with van der Waals surface area (Å²) >= 11 is 0. The van der Waals surface area contributed by atoms with Crippen LogP contribution in [0, 0.1) is 17.0 Å². The van der Waals surface area contributed by atoms with Gasteiger partial charge < -0.3 is 4.74 Å². The normalized spacial score (nSPS) is 11.4. The molecule has 0 aliphatic heterocycles. The first kappa shape index (κ1) is 19.1. The smallest absolute Gasteiger partial charge is 0.406 e. The van der Waals surface area contributed by atoms with E-state index in [0.717, 1.165) is 21.5 Å². The van der Waals surface area contributed by atoms with Crippen LogP contribution in [0.25, 0.3) is 5.69 Å². The third kappa shape index (κ3) is 4.00. The Bertz CT molecular complexity index is 1070. The molecule has 1 heterocycles. The van der Waals surface area contributed by atoms with Gasteiger partial charge in [-0.05, 0) is 41.6 Å². The Morgan fingerprint density at radius 3 is 2.43 bits per heavy atom. The second-order valence-corrected chi connectivity index (χ2v) is 5.71. The van der Waals surface area contributed by atoms with Gasteiger partial charge in [-0.15, -0.1) is 13.2 Å². The van der Waals surface area contributed by atoms with Gasteiger partial charge in [0.1, 0.15) is 5.75 Å². The van der Waals surface area contributed by atoms with Crippen molar-refractivity contribution in [1.82, 2.24) is 19.8 Å². The van der Waals surface area contributed by atoms with Crippen LogP contribution in [0.3, 0.4) is 0 Å². The number of benzene rings is 2. The molecule has 0 spiro atoms. The summed E-state index contributed by atoms with van der Waals surface area (Å²) in [5.41, 5.74) is 0.0266. The average Bonchev–Trinajstić information content (AvgIpc) is 2.95. The Balaban J connectivity index is 1.89. The van der Waals surface area contributed by atoms with E-state index in [1.807, 2.05) is 0 Å². The van der Waals surface area contributed by atoms with Crippen LogP contribution in [0.4, 0.5) is 18.9 Å². The second-order valence-electron chi connectivity index (χ2n) is 5.71. The molecule has 0 atom stereocenters. The minimum absolute atomic E-state index is 0.127. The van der Waals surface area contributed by atoms with Gasteiger partial charge in [0.15, 0.2) is 0 Å². The Hall–Kier alpha value is -3.70. The molecule has 0 fully saturated rings. The fourth-order valence-corrected chi connectivity index (χ4v) is 2.59. The van der Waals surface area contributed by atoms with Crippen molar-refractivity contribution in [3.05, 3.63) is 74.2 Å². The van der Waals surface area contributed by atoms with Crippen LogP contribution in [0.5, 0.6) is 5.75 Å². The lowest BCUT2D eigenvalue weighted by molar-refractivity contribution is -0.386. The maximum absolute atomic E-state index is 12.5. The fourth-order valence-electron chi connectivity index (χ4n) is 2.59. The first-order valence-corrected chi connectivity index (χ1v) is 7.77. The summed E-state index contributed by atoms with van der Waals surface area (Å²) in [5, 5.41) is 18.6. The van der Waals surface area contributed by atoms with Crippen LogP contribution in [0.1, 0.15) is 11.1 Å². The molecule has 0 amide bonds. The molecule has 3 rings (SSSR count). The van der Waals surface area contributed by atoms with Crippen LogP contribution in [0.2, 0.25) is 0 Å². The van der Waals surface area contributed by atoms with Crippen molar-refractivity contribution in [3.8, 4) is 11.4 Å². The molecule has 1 aromatic heterocycles. The predicted octanol–water partition coefficient (Wildman–Crippen LogP) is 2.59. The van der Waals surface area contributed by atoms with Gasteiger partial charge in [0.05, 0.1) is 22.7 Å². The molecule has 3 aromatic rings. The van der Waals surface area contributed by atoms with E-state index < -0.39 is 22.7 Å². The van der Waals surface area contributed by atoms with Crippen molar-refractivity contribution in [3.63, 3.8) is 0 Å². The predicted molar refractivity (Wildman–Crippen MR) is 89.2 cm³/mol. The van der Waals surface area contributed by atoms with Crippen LogP contribution in [-0.4, -0.2) is 31.1 Å². The number of halogens is 3. The van der Waals surface area contributed by atoms with E-state index in [1.165, 1.54) is 18.2 Å². The van der Waals surface area contributed by atoms with Crippen molar-refractivity contribution in [2.45, 2.75) is 19.8 Å². The maximum Gasteiger partial charge on any atom is 0.573 e. The van der Waals surface area contributed by atoms with Gasteiger partial charge in [-0.3, -0.25) is 10.1 Å². The minimum Gasteiger partial charge on any atom is -0.406 e. The quantitative estimate of drug-likeness (QED) is 0.486. The minimum atomic E-state index is -4.83. The van der Waals surface area contributed by atoms with Crippen LogP contribution < -0.4 is 10.4 Å². The Labute approximate surface area is 154 Å². The molecule has 0 radical (unpaired) electrons. The summed E-state index contributed by atoms with van der Waals surface area (Å²) in [6, 6.07) is 9.16. The number of ether oxygens (including phenoxy) is 1. The zero-order valence-electron chi connectivity index (χ0n) is 14.3. The summed E-state index contributed by atoms with van der Waals surface area (Å²) < 4.78 is 42.2. The zero-order chi connectivity index (χ0) is 20.5. The summed E-state index contributed by atoms with van der Waals surface area (Å²) in [6.45, 7) is 1.39. The topological polar surface area (TPSA) is 105 Å². The lowest BCUT2D eigenvalue weighted by atomic mass is 10.1. The van der Waals surface area contributed by atoms with Gasteiger partial charge in [0.25, 0.3) is 5.69 Å². The summed E-state index contributed by atoms with van der Waals surface area (Å²) in [6.07, 6.45) is -4.83. The number of hydrogen-bond donors (Lipinski definition) is 0. The van der Waals surface area contributed by atoms with E-state index in [2.05, 4.69) is 15.2 Å². The van der Waals surface area contributed by atoms with Crippen molar-refractivity contribution in [2.75, 3.05) is 0 Å². The molecule has 146 valence electrons. The van der Waals surface area contributed by atoms with E-state index in [-0.39, 0.29) is 23.5 Å². The molecule has 0 aliphatic rings. The number of nitro groups is 1. The van der Waals surface area contributed by atoms with E-state index in [9.17, 15) is 28.1 Å². The lowest BCUT2D eigenvalue weighted by Crippen LogP contribution is -2.25. The van der Waals surface area contributed by atoms with Gasteiger partial charge in [-0.1, -0.05) is 18.2 Å². The largest absolute Gasteiger partial charge is 0.573 e. The van der Waals surface area contributed by atoms with Crippen LogP contribution >= 0.6 is 0 Å². The number of aromatic nitrogens is 4. The molecule has 12 heteroatoms. The van der Waals surface area contributed by atoms with Crippen molar-refractivity contribution >= 4 is 5.69 Å². The first-order chi connectivity index (χ1) is 13.2. The molecule has 0 aliphatic carbocycles. The van der Waals surface area contributed by atoms with Crippen molar-refractivity contribution in [2.24, 2.45) is 0 Å². The van der Waals surface area contributed by atoms with Crippen LogP contribution in [-0.2, 0) is 6.54 Å². The highest BCUT2D eigenvalue weighted by molar-refractivity contribution is 5.47. The first-order valence-electron chi connectivity index (χ1n) is 7.77. The molecule has 2 aromatic carbocycles. The molecule has 0 saturated carbocycles. The highest BCUT2D eigenvalue weighted by Gasteiger charge is 2.31. The standard InChI is InChI=1S/C16H12F3N5O4/c1-10-3-2-4-11(14(10)24(26)27)9-22-15(25)23(21-20-22)12-5-7-13(8-6-12)28-16(17,18)19/h2-8H,9H2,1H3. The molecule has 9 nitrogen and oxygen atoms in total. The fraction of sp³-hybridized carbons (Fsp3) is 0.188. The highest BCUT2D eigenvalue weighted by Crippen LogP contribution is 2.24. The van der Waals surface area contributed by atoms with Crippen molar-refractivity contribution < 1.29 is 22.8 Å².